The molecule has 0 spiro atoms. The molecule has 0 saturated heterocycles. The van der Waals surface area contributed by atoms with Crippen LogP contribution < -0.4 is 0 Å². The summed E-state index contributed by atoms with van der Waals surface area (Å²) in [6, 6.07) is 0. The van der Waals surface area contributed by atoms with Gasteiger partial charge < -0.3 is 4.65 Å². The lowest BCUT2D eigenvalue weighted by Crippen LogP contribution is -2.04. The fourth-order valence-electron chi connectivity index (χ4n) is 1.05. The number of hydrogen-bond acceptors (Lipinski definition) is 1. The molecule has 0 aliphatic carbocycles. The van der Waals surface area contributed by atoms with Gasteiger partial charge in [-0.1, -0.05) is 39.0 Å². The van der Waals surface area contributed by atoms with E-state index in [0.717, 1.165) is 12.8 Å². The van der Waals surface area contributed by atoms with Gasteiger partial charge in [-0.15, -0.1) is 11.5 Å². The van der Waals surface area contributed by atoms with Crippen molar-refractivity contribution in [2.24, 2.45) is 0 Å². The Morgan fingerprint density at radius 3 is 2.33 bits per heavy atom. The van der Waals surface area contributed by atoms with Crippen LogP contribution in [0.15, 0.2) is 0 Å². The Balaban J connectivity index is 2.82. The molecule has 1 nitrogen and oxygen atoms in total. The molecule has 0 heterocycles. The van der Waals surface area contributed by atoms with Crippen molar-refractivity contribution in [3.05, 3.63) is 0 Å². The second-order valence-electron chi connectivity index (χ2n) is 2.90. The second-order valence-corrected chi connectivity index (χ2v) is 3.24. The van der Waals surface area contributed by atoms with Crippen LogP contribution in [-0.2, 0) is 4.65 Å². The number of rotatable bonds is 8. The van der Waals surface area contributed by atoms with Gasteiger partial charge in [0.1, 0.15) is 0 Å². The summed E-state index contributed by atoms with van der Waals surface area (Å²) in [5.74, 6) is 0. The van der Waals surface area contributed by atoms with Gasteiger partial charge in [0.05, 0.1) is 0 Å². The van der Waals surface area contributed by atoms with Gasteiger partial charge in [0, 0.05) is 6.61 Å². The fourth-order valence-corrected chi connectivity index (χ4v) is 1.14. The molecule has 0 radical (unpaired) electrons. The lowest BCUT2D eigenvalue weighted by molar-refractivity contribution is 0.292. The lowest BCUT2D eigenvalue weighted by atomic mass is 10.1. The van der Waals surface area contributed by atoms with Gasteiger partial charge in [-0.25, -0.2) is 0 Å². The van der Waals surface area contributed by atoms with Gasteiger partial charge in [0.2, 0.25) is 0 Å². The maximum absolute atomic E-state index is 11.9. The van der Waals surface area contributed by atoms with Crippen LogP contribution in [0.25, 0.3) is 0 Å². The largest absolute Gasteiger partial charge is 0.610 e. The smallest absolute Gasteiger partial charge is 0.394 e. The van der Waals surface area contributed by atoms with Crippen LogP contribution in [0.5, 0.6) is 0 Å². The average Bonchev–Trinajstić information content (AvgIpc) is 2.02. The molecule has 0 unspecified atom stereocenters. The molecule has 0 aromatic rings. The molecule has 0 N–H and O–H groups in total. The third-order valence-corrected chi connectivity index (χ3v) is 1.87. The van der Waals surface area contributed by atoms with Crippen LogP contribution in [0.3, 0.4) is 0 Å². The normalized spacial score (nSPS) is 10.2. The van der Waals surface area contributed by atoms with Crippen LogP contribution in [0.1, 0.15) is 45.4 Å². The van der Waals surface area contributed by atoms with Crippen LogP contribution in [0, 0.1) is 0 Å². The second kappa shape index (κ2) is 9.33. The summed E-state index contributed by atoms with van der Waals surface area (Å²) in [4.78, 5) is 0. The molecular formula is C8H17BClFO. The monoisotopic (exact) mass is 194 g/mol. The van der Waals surface area contributed by atoms with Crippen LogP contribution in [0.2, 0.25) is 0 Å². The Hall–Kier alpha value is 0.245. The minimum Gasteiger partial charge on any atom is -0.394 e. The number of hydrogen-bond donors (Lipinski definition) is 0. The highest BCUT2D eigenvalue weighted by molar-refractivity contribution is 6.99. The first-order valence-electron chi connectivity index (χ1n) is 4.67. The summed E-state index contributed by atoms with van der Waals surface area (Å²) in [5.41, 5.74) is 0. The Bertz CT molecular complexity index is 93.1. The van der Waals surface area contributed by atoms with E-state index in [1.807, 2.05) is 0 Å². The van der Waals surface area contributed by atoms with Gasteiger partial charge in [-0.05, 0) is 6.42 Å². The van der Waals surface area contributed by atoms with Crippen molar-refractivity contribution < 1.29 is 8.97 Å². The average molecular weight is 194 g/mol. The SMILES string of the molecule is CCCCCCCCOB(F)Cl. The highest BCUT2D eigenvalue weighted by Crippen LogP contribution is 2.05. The molecule has 4 heteroatoms. The molecule has 0 aromatic heterocycles. The van der Waals surface area contributed by atoms with Crippen LogP contribution in [-0.4, -0.2) is 13.2 Å². The van der Waals surface area contributed by atoms with Crippen molar-refractivity contribution in [2.75, 3.05) is 6.61 Å². The molecule has 0 aliphatic rings. The first-order valence-corrected chi connectivity index (χ1v) is 5.10. The quantitative estimate of drug-likeness (QED) is 0.424. The Morgan fingerprint density at radius 2 is 1.75 bits per heavy atom. The molecule has 72 valence electrons. The molecule has 0 bridgehead atoms. The Morgan fingerprint density at radius 1 is 1.17 bits per heavy atom. The molecule has 0 aliphatic heterocycles. The maximum Gasteiger partial charge on any atom is 0.610 e. The van der Waals surface area contributed by atoms with E-state index in [0.29, 0.717) is 6.61 Å². The zero-order chi connectivity index (χ0) is 9.23. The topological polar surface area (TPSA) is 9.23 Å². The molecule has 0 rings (SSSR count). The van der Waals surface area contributed by atoms with Gasteiger partial charge >= 0.3 is 6.61 Å². The van der Waals surface area contributed by atoms with E-state index in [2.05, 4.69) is 11.6 Å². The lowest BCUT2D eigenvalue weighted by Gasteiger charge is -2.01. The van der Waals surface area contributed by atoms with Crippen molar-refractivity contribution in [3.8, 4) is 0 Å². The number of unbranched alkanes of at least 4 members (excludes halogenated alkanes) is 5. The van der Waals surface area contributed by atoms with Crippen LogP contribution >= 0.6 is 11.5 Å². The van der Waals surface area contributed by atoms with E-state index in [4.69, 9.17) is 11.5 Å². The van der Waals surface area contributed by atoms with E-state index in [9.17, 15) is 4.32 Å². The summed E-state index contributed by atoms with van der Waals surface area (Å²) >= 11 is 4.95. The zero-order valence-electron chi connectivity index (χ0n) is 7.69. The Kier molecular flexibility index (Phi) is 9.52. The van der Waals surface area contributed by atoms with Crippen molar-refractivity contribution in [1.29, 1.82) is 0 Å². The summed E-state index contributed by atoms with van der Waals surface area (Å²) in [5, 5.41) is 0. The molecule has 0 fully saturated rings. The van der Waals surface area contributed by atoms with Crippen molar-refractivity contribution >= 4 is 18.1 Å². The highest BCUT2D eigenvalue weighted by Gasteiger charge is 2.08. The van der Waals surface area contributed by atoms with Gasteiger partial charge in [0.25, 0.3) is 0 Å². The van der Waals surface area contributed by atoms with Gasteiger partial charge in [-0.3, -0.25) is 4.32 Å². The van der Waals surface area contributed by atoms with E-state index < -0.39 is 6.61 Å². The molecule has 0 saturated carbocycles. The summed E-state index contributed by atoms with van der Waals surface area (Å²) in [6.45, 7) is 1.00. The van der Waals surface area contributed by atoms with E-state index >= 15 is 0 Å². The van der Waals surface area contributed by atoms with Gasteiger partial charge in [-0.2, -0.15) is 0 Å². The third-order valence-electron chi connectivity index (χ3n) is 1.74. The number of halogens is 2. The van der Waals surface area contributed by atoms with Crippen molar-refractivity contribution in [1.82, 2.24) is 0 Å². The predicted octanol–water partition coefficient (Wildman–Crippen LogP) is 3.56. The van der Waals surface area contributed by atoms with E-state index in [1.165, 1.54) is 25.7 Å². The third kappa shape index (κ3) is 10.2. The van der Waals surface area contributed by atoms with Crippen molar-refractivity contribution in [3.63, 3.8) is 0 Å². The zero-order valence-corrected chi connectivity index (χ0v) is 8.45. The van der Waals surface area contributed by atoms with Crippen molar-refractivity contribution in [2.45, 2.75) is 45.4 Å². The maximum atomic E-state index is 11.9. The first-order chi connectivity index (χ1) is 5.77. The Labute approximate surface area is 79.7 Å². The highest BCUT2D eigenvalue weighted by atomic mass is 35.5. The molecule has 12 heavy (non-hydrogen) atoms. The minimum atomic E-state index is -1.62. The first kappa shape index (κ1) is 12.2. The molecular weight excluding hydrogens is 177 g/mol. The predicted molar refractivity (Wildman–Crippen MR) is 52.0 cm³/mol. The molecule has 0 atom stereocenters. The van der Waals surface area contributed by atoms with Crippen LogP contribution in [0.4, 0.5) is 4.32 Å². The minimum absolute atomic E-state index is 0.441. The molecule has 0 aromatic carbocycles. The summed E-state index contributed by atoms with van der Waals surface area (Å²) in [7, 11) is 0. The van der Waals surface area contributed by atoms with E-state index in [-0.39, 0.29) is 0 Å². The van der Waals surface area contributed by atoms with E-state index in [1.54, 1.807) is 0 Å². The standard InChI is InChI=1S/C8H17BClFO/c1-2-3-4-5-6-7-8-12-9(10)11/h2-8H2,1H3. The fraction of sp³-hybridized carbons (Fsp3) is 1.00. The molecule has 0 amide bonds. The van der Waals surface area contributed by atoms with Gasteiger partial charge in [0.15, 0.2) is 0 Å². The summed E-state index contributed by atoms with van der Waals surface area (Å²) < 4.78 is 16.4. The summed E-state index contributed by atoms with van der Waals surface area (Å²) in [6.07, 6.45) is 7.07.